The molecule has 1 aromatic carbocycles. The fraction of sp³-hybridized carbons (Fsp3) is 0.538. The number of methoxy groups -OCH3 is 1. The van der Waals surface area contributed by atoms with Crippen LogP contribution in [-0.2, 0) is 9.84 Å². The minimum absolute atomic E-state index is 0.0471. The van der Waals surface area contributed by atoms with E-state index in [0.717, 1.165) is 11.3 Å². The Morgan fingerprint density at radius 1 is 1.28 bits per heavy atom. The molecule has 2 N–H and O–H groups in total. The van der Waals surface area contributed by atoms with Crippen LogP contribution in [0.4, 0.5) is 0 Å². The van der Waals surface area contributed by atoms with Gasteiger partial charge in [-0.05, 0) is 30.2 Å². The predicted molar refractivity (Wildman–Crippen MR) is 71.5 cm³/mol. The number of benzene rings is 1. The lowest BCUT2D eigenvalue weighted by Gasteiger charge is -2.03. The lowest BCUT2D eigenvalue weighted by molar-refractivity contribution is 0.414. The molecule has 100 valence electrons. The molecule has 3 atom stereocenters. The molecule has 0 spiro atoms. The average Bonchev–Trinajstić information content (AvgIpc) is 3.14. The normalized spacial score (nSPS) is 26.9. The molecule has 1 aliphatic carbocycles. The summed E-state index contributed by atoms with van der Waals surface area (Å²) in [4.78, 5) is 0. The Balaban J connectivity index is 2.23. The highest BCUT2D eigenvalue weighted by Gasteiger charge is 2.56. The Labute approximate surface area is 108 Å². The van der Waals surface area contributed by atoms with Crippen LogP contribution in [0.2, 0.25) is 0 Å². The molecule has 1 aromatic rings. The average molecular weight is 269 g/mol. The van der Waals surface area contributed by atoms with Crippen molar-refractivity contribution in [1.82, 2.24) is 0 Å². The molecule has 0 aliphatic heterocycles. The van der Waals surface area contributed by atoms with Gasteiger partial charge in [-0.15, -0.1) is 0 Å². The van der Waals surface area contributed by atoms with Crippen LogP contribution in [0.1, 0.15) is 18.4 Å². The van der Waals surface area contributed by atoms with E-state index in [1.807, 2.05) is 24.3 Å². The molecule has 0 radical (unpaired) electrons. The van der Waals surface area contributed by atoms with E-state index in [0.29, 0.717) is 6.54 Å². The third-order valence-corrected chi connectivity index (χ3v) is 5.96. The van der Waals surface area contributed by atoms with Gasteiger partial charge < -0.3 is 10.5 Å². The number of sulfone groups is 1. The summed E-state index contributed by atoms with van der Waals surface area (Å²) < 4.78 is 29.0. The Hall–Kier alpha value is -1.07. The van der Waals surface area contributed by atoms with Gasteiger partial charge in [-0.1, -0.05) is 19.1 Å². The Morgan fingerprint density at radius 2 is 1.89 bits per heavy atom. The van der Waals surface area contributed by atoms with Crippen molar-refractivity contribution in [2.24, 2.45) is 11.7 Å². The first-order valence-corrected chi connectivity index (χ1v) is 7.82. The van der Waals surface area contributed by atoms with Gasteiger partial charge in [0.05, 0.1) is 12.4 Å². The number of ether oxygens (including phenoxy) is 1. The highest BCUT2D eigenvalue weighted by molar-refractivity contribution is 7.92. The third-order valence-electron chi connectivity index (χ3n) is 3.69. The Morgan fingerprint density at radius 3 is 2.33 bits per heavy atom. The molecular formula is C13H19NO3S. The first kappa shape index (κ1) is 13.4. The second-order valence-electron chi connectivity index (χ2n) is 4.61. The number of rotatable bonds is 5. The molecule has 0 unspecified atom stereocenters. The van der Waals surface area contributed by atoms with E-state index in [4.69, 9.17) is 10.5 Å². The van der Waals surface area contributed by atoms with Crippen LogP contribution in [0.25, 0.3) is 0 Å². The maximum absolute atomic E-state index is 12.0. The maximum atomic E-state index is 12.0. The van der Waals surface area contributed by atoms with Crippen LogP contribution in [-0.4, -0.2) is 33.1 Å². The lowest BCUT2D eigenvalue weighted by atomic mass is 10.1. The van der Waals surface area contributed by atoms with Crippen LogP contribution in [0.3, 0.4) is 0 Å². The molecule has 0 saturated heterocycles. The second-order valence-corrected chi connectivity index (χ2v) is 7.06. The zero-order valence-electron chi connectivity index (χ0n) is 10.7. The predicted octanol–water partition coefficient (Wildman–Crippen LogP) is 1.17. The van der Waals surface area contributed by atoms with E-state index < -0.39 is 9.84 Å². The third kappa shape index (κ3) is 2.24. The largest absolute Gasteiger partial charge is 0.497 e. The van der Waals surface area contributed by atoms with E-state index in [1.54, 1.807) is 14.0 Å². The van der Waals surface area contributed by atoms with Gasteiger partial charge in [0.1, 0.15) is 5.75 Å². The van der Waals surface area contributed by atoms with Crippen LogP contribution in [0, 0.1) is 5.92 Å². The second kappa shape index (κ2) is 4.90. The van der Waals surface area contributed by atoms with Crippen molar-refractivity contribution in [2.75, 3.05) is 19.4 Å². The summed E-state index contributed by atoms with van der Waals surface area (Å²) >= 11 is 0. The smallest absolute Gasteiger partial charge is 0.153 e. The van der Waals surface area contributed by atoms with Gasteiger partial charge in [-0.25, -0.2) is 8.42 Å². The van der Waals surface area contributed by atoms with Crippen LogP contribution in [0.5, 0.6) is 5.75 Å². The summed E-state index contributed by atoms with van der Waals surface area (Å²) in [6.07, 6.45) is 0. The van der Waals surface area contributed by atoms with Gasteiger partial charge in [-0.2, -0.15) is 0 Å². The molecule has 0 amide bonds. The first-order valence-electron chi connectivity index (χ1n) is 6.10. The molecule has 5 heteroatoms. The van der Waals surface area contributed by atoms with Gasteiger partial charge in [0.25, 0.3) is 0 Å². The van der Waals surface area contributed by atoms with Gasteiger partial charge in [0.2, 0.25) is 0 Å². The van der Waals surface area contributed by atoms with Crippen molar-refractivity contribution in [3.63, 3.8) is 0 Å². The summed E-state index contributed by atoms with van der Waals surface area (Å²) in [7, 11) is -1.40. The number of nitrogens with two attached hydrogens (primary N) is 1. The van der Waals surface area contributed by atoms with Gasteiger partial charge in [0, 0.05) is 11.7 Å². The van der Waals surface area contributed by atoms with E-state index >= 15 is 0 Å². The monoisotopic (exact) mass is 269 g/mol. The summed E-state index contributed by atoms with van der Waals surface area (Å²) in [6.45, 7) is 2.10. The topological polar surface area (TPSA) is 69.4 Å². The standard InChI is InChI=1S/C13H19NO3S/c1-3-18(15,16)13-11(8-14)12(13)9-4-6-10(17-2)7-5-9/h4-7,11-13H,3,8,14H2,1-2H3/t11-,12+,13+/m0/s1. The molecule has 1 aliphatic rings. The molecule has 2 rings (SSSR count). The summed E-state index contributed by atoms with van der Waals surface area (Å²) in [5.74, 6) is 1.06. The molecule has 0 heterocycles. The number of hydrogen-bond donors (Lipinski definition) is 1. The summed E-state index contributed by atoms with van der Waals surface area (Å²) in [5, 5.41) is -0.305. The fourth-order valence-corrected chi connectivity index (χ4v) is 4.48. The van der Waals surface area contributed by atoms with Crippen molar-refractivity contribution < 1.29 is 13.2 Å². The minimum atomic E-state index is -3.01. The van der Waals surface area contributed by atoms with Crippen molar-refractivity contribution in [1.29, 1.82) is 0 Å². The molecule has 1 fully saturated rings. The molecule has 18 heavy (non-hydrogen) atoms. The van der Waals surface area contributed by atoms with Crippen LogP contribution in [0.15, 0.2) is 24.3 Å². The van der Waals surface area contributed by atoms with Gasteiger partial charge in [-0.3, -0.25) is 0 Å². The number of hydrogen-bond acceptors (Lipinski definition) is 4. The van der Waals surface area contributed by atoms with Crippen LogP contribution >= 0.6 is 0 Å². The quantitative estimate of drug-likeness (QED) is 0.871. The van der Waals surface area contributed by atoms with Gasteiger partial charge in [0.15, 0.2) is 9.84 Å². The van der Waals surface area contributed by atoms with E-state index in [1.165, 1.54) is 0 Å². The van der Waals surface area contributed by atoms with Crippen molar-refractivity contribution in [2.45, 2.75) is 18.1 Å². The SMILES string of the molecule is CCS(=O)(=O)[C@@H]1[C@@H](CN)[C@H]1c1ccc(OC)cc1. The minimum Gasteiger partial charge on any atom is -0.497 e. The highest BCUT2D eigenvalue weighted by atomic mass is 32.2. The van der Waals surface area contributed by atoms with Gasteiger partial charge >= 0.3 is 0 Å². The zero-order valence-corrected chi connectivity index (χ0v) is 11.5. The molecule has 0 aromatic heterocycles. The fourth-order valence-electron chi connectivity index (χ4n) is 2.57. The van der Waals surface area contributed by atoms with E-state index in [2.05, 4.69) is 0 Å². The molecular weight excluding hydrogens is 250 g/mol. The highest BCUT2D eigenvalue weighted by Crippen LogP contribution is 2.52. The molecule has 1 saturated carbocycles. The maximum Gasteiger partial charge on any atom is 0.153 e. The molecule has 4 nitrogen and oxygen atoms in total. The van der Waals surface area contributed by atoms with Crippen molar-refractivity contribution >= 4 is 9.84 Å². The summed E-state index contributed by atoms with van der Waals surface area (Å²) in [6, 6.07) is 7.57. The summed E-state index contributed by atoms with van der Waals surface area (Å²) in [5.41, 5.74) is 6.71. The van der Waals surface area contributed by atoms with E-state index in [9.17, 15) is 8.42 Å². The Kier molecular flexibility index (Phi) is 3.64. The van der Waals surface area contributed by atoms with Crippen LogP contribution < -0.4 is 10.5 Å². The Bertz CT molecular complexity index is 510. The van der Waals surface area contributed by atoms with E-state index in [-0.39, 0.29) is 22.8 Å². The lowest BCUT2D eigenvalue weighted by Crippen LogP contribution is -2.15. The van der Waals surface area contributed by atoms with Crippen molar-refractivity contribution in [3.05, 3.63) is 29.8 Å². The zero-order chi connectivity index (χ0) is 13.3. The molecule has 0 bridgehead atoms. The first-order chi connectivity index (χ1) is 8.55. The van der Waals surface area contributed by atoms with Crippen molar-refractivity contribution in [3.8, 4) is 5.75 Å².